The topological polar surface area (TPSA) is 153 Å². The first-order chi connectivity index (χ1) is 17.9. The Kier molecular flexibility index (Phi) is 7.41. The summed E-state index contributed by atoms with van der Waals surface area (Å²) < 4.78 is 40.0. The summed E-state index contributed by atoms with van der Waals surface area (Å²) in [6.07, 6.45) is -2.78. The molecule has 4 rings (SSSR count). The third-order valence-electron chi connectivity index (χ3n) is 9.16. The third kappa shape index (κ3) is 3.56. The predicted octanol–water partition coefficient (Wildman–Crippen LogP) is 0.533. The maximum absolute atomic E-state index is 13.6. The van der Waals surface area contributed by atoms with E-state index in [9.17, 15) is 24.3 Å². The molecular weight excluding hydrogens is 504 g/mol. The van der Waals surface area contributed by atoms with Gasteiger partial charge in [0.05, 0.1) is 39.6 Å². The van der Waals surface area contributed by atoms with Crippen LogP contribution in [0, 0.1) is 28.6 Å². The molecular formula is C26H36O12. The van der Waals surface area contributed by atoms with Gasteiger partial charge in [-0.15, -0.1) is 0 Å². The van der Waals surface area contributed by atoms with E-state index >= 15 is 0 Å². The largest absolute Gasteiger partial charge is 0.468 e. The maximum Gasteiger partial charge on any atom is 0.366 e. The zero-order valence-corrected chi connectivity index (χ0v) is 22.7. The minimum atomic E-state index is -1.97. The minimum Gasteiger partial charge on any atom is -0.468 e. The van der Waals surface area contributed by atoms with Crippen LogP contribution in [0.3, 0.4) is 0 Å². The van der Waals surface area contributed by atoms with Crippen molar-refractivity contribution in [3.05, 3.63) is 11.6 Å². The van der Waals surface area contributed by atoms with Crippen LogP contribution in [0.15, 0.2) is 11.6 Å². The number of hydrogen-bond donors (Lipinski definition) is 1. The zero-order chi connectivity index (χ0) is 28.2. The molecule has 0 bridgehead atoms. The van der Waals surface area contributed by atoms with E-state index in [1.807, 2.05) is 0 Å². The molecule has 10 atom stereocenters. The highest BCUT2D eigenvalue weighted by atomic mass is 16.7. The van der Waals surface area contributed by atoms with Gasteiger partial charge in [0.15, 0.2) is 0 Å². The van der Waals surface area contributed by atoms with Gasteiger partial charge in [0.2, 0.25) is 0 Å². The summed E-state index contributed by atoms with van der Waals surface area (Å²) in [5, 5.41) is 11.5. The highest BCUT2D eigenvalue weighted by Gasteiger charge is 2.84. The van der Waals surface area contributed by atoms with E-state index < -0.39 is 82.7 Å². The Morgan fingerprint density at radius 2 is 1.61 bits per heavy atom. The van der Waals surface area contributed by atoms with E-state index in [4.69, 9.17) is 33.2 Å². The molecule has 4 aliphatic rings. The van der Waals surface area contributed by atoms with Crippen LogP contribution in [-0.4, -0.2) is 93.7 Å². The molecule has 1 N–H and O–H groups in total. The lowest BCUT2D eigenvalue weighted by atomic mass is 9.43. The van der Waals surface area contributed by atoms with E-state index in [0.29, 0.717) is 5.57 Å². The fraction of sp³-hybridized carbons (Fsp3) is 0.769. The quantitative estimate of drug-likeness (QED) is 0.284. The van der Waals surface area contributed by atoms with Crippen LogP contribution in [0.5, 0.6) is 0 Å². The molecule has 0 amide bonds. The molecule has 0 aromatic rings. The van der Waals surface area contributed by atoms with Crippen LogP contribution in [-0.2, 0) is 52.3 Å². The number of aliphatic hydroxyl groups is 1. The first-order valence-electron chi connectivity index (χ1n) is 12.6. The number of aliphatic hydroxyl groups excluding tert-OH is 1. The maximum atomic E-state index is 13.6. The van der Waals surface area contributed by atoms with Gasteiger partial charge in [-0.2, -0.15) is 0 Å². The van der Waals surface area contributed by atoms with Crippen molar-refractivity contribution in [2.24, 2.45) is 28.6 Å². The number of allylic oxidation sites excluding steroid dienone is 1. The normalized spacial score (nSPS) is 43.5. The van der Waals surface area contributed by atoms with Gasteiger partial charge in [0, 0.05) is 43.3 Å². The predicted molar refractivity (Wildman–Crippen MR) is 126 cm³/mol. The van der Waals surface area contributed by atoms with Crippen molar-refractivity contribution in [3.8, 4) is 0 Å². The molecule has 12 heteroatoms. The standard InChI is InChI=1S/C26H36O12/c1-8-12(2)21(29)38-15-9-16(37-14(4)27)25(22(30)32-5)10-35-18-17(28)13(3)19-24(15,20(18)25)11-36-26(19,34-7)23(31)33-6/h8,13,15-20,28H,9-11H2,1-7H3/b12-8+/t13-,15+,16-,17+,18+,19+,20-,24-,25+,26+/m1/s1. The van der Waals surface area contributed by atoms with Gasteiger partial charge in [-0.1, -0.05) is 13.0 Å². The molecule has 1 spiro atoms. The molecule has 2 aliphatic heterocycles. The van der Waals surface area contributed by atoms with Crippen LogP contribution in [0.4, 0.5) is 0 Å². The van der Waals surface area contributed by atoms with Gasteiger partial charge >= 0.3 is 23.9 Å². The lowest BCUT2D eigenvalue weighted by Crippen LogP contribution is -2.73. The first kappa shape index (κ1) is 28.5. The van der Waals surface area contributed by atoms with Crippen molar-refractivity contribution in [2.45, 2.75) is 64.3 Å². The minimum absolute atomic E-state index is 0.104. The van der Waals surface area contributed by atoms with E-state index in [2.05, 4.69) is 0 Å². The summed E-state index contributed by atoms with van der Waals surface area (Å²) in [4.78, 5) is 52.2. The number of carbonyl (C=O) groups is 4. The van der Waals surface area contributed by atoms with Gasteiger partial charge in [0.25, 0.3) is 5.79 Å². The molecule has 2 saturated heterocycles. The Morgan fingerprint density at radius 1 is 0.947 bits per heavy atom. The van der Waals surface area contributed by atoms with Crippen LogP contribution < -0.4 is 0 Å². The second-order valence-electron chi connectivity index (χ2n) is 10.6. The summed E-state index contributed by atoms with van der Waals surface area (Å²) in [7, 11) is 3.68. The van der Waals surface area contributed by atoms with Gasteiger partial charge in [-0.05, 0) is 19.8 Å². The molecule has 212 valence electrons. The van der Waals surface area contributed by atoms with Crippen molar-refractivity contribution < 1.29 is 57.4 Å². The van der Waals surface area contributed by atoms with Crippen molar-refractivity contribution in [3.63, 3.8) is 0 Å². The first-order valence-corrected chi connectivity index (χ1v) is 12.6. The Balaban J connectivity index is 2.01. The number of rotatable bonds is 6. The van der Waals surface area contributed by atoms with Crippen LogP contribution in [0.1, 0.15) is 34.1 Å². The molecule has 0 aromatic carbocycles. The van der Waals surface area contributed by atoms with Gasteiger partial charge < -0.3 is 38.3 Å². The molecule has 4 fully saturated rings. The molecule has 0 radical (unpaired) electrons. The van der Waals surface area contributed by atoms with Gasteiger partial charge in [-0.3, -0.25) is 9.59 Å². The second-order valence-corrected chi connectivity index (χ2v) is 10.6. The molecule has 0 aromatic heterocycles. The molecule has 2 aliphatic carbocycles. The smallest absolute Gasteiger partial charge is 0.366 e. The van der Waals surface area contributed by atoms with Crippen LogP contribution in [0.25, 0.3) is 0 Å². The fourth-order valence-corrected chi connectivity index (χ4v) is 7.54. The van der Waals surface area contributed by atoms with E-state index in [-0.39, 0.29) is 19.6 Å². The van der Waals surface area contributed by atoms with Crippen LogP contribution >= 0.6 is 0 Å². The highest BCUT2D eigenvalue weighted by Crippen LogP contribution is 2.71. The van der Waals surface area contributed by atoms with Gasteiger partial charge in [0.1, 0.15) is 17.6 Å². The lowest BCUT2D eigenvalue weighted by molar-refractivity contribution is -0.268. The fourth-order valence-electron chi connectivity index (χ4n) is 7.54. The molecule has 0 unspecified atom stereocenters. The van der Waals surface area contributed by atoms with Crippen molar-refractivity contribution in [1.82, 2.24) is 0 Å². The SMILES string of the molecule is C/C=C(\C)C(=O)O[C@H]1C[C@@H](OC(C)=O)[C@@]2(C(=O)OC)CO[C@H]3[C@@H](O)[C@@H](C)[C@@H]4[C@@](OC)(C(=O)OC)OC[C@@]14[C@@H]32. The number of ether oxygens (including phenoxy) is 7. The lowest BCUT2D eigenvalue weighted by Gasteiger charge is -2.61. The Labute approximate surface area is 220 Å². The summed E-state index contributed by atoms with van der Waals surface area (Å²) in [6, 6.07) is 0. The number of esters is 4. The van der Waals surface area contributed by atoms with E-state index in [0.717, 1.165) is 0 Å². The number of methoxy groups -OCH3 is 3. The summed E-state index contributed by atoms with van der Waals surface area (Å²) in [5.41, 5.74) is -2.54. The van der Waals surface area contributed by atoms with E-state index in [1.165, 1.54) is 28.3 Å². The van der Waals surface area contributed by atoms with Gasteiger partial charge in [-0.25, -0.2) is 9.59 Å². The number of hydrogen-bond acceptors (Lipinski definition) is 12. The second kappa shape index (κ2) is 9.89. The Hall–Kier alpha value is -2.54. The molecule has 2 saturated carbocycles. The Morgan fingerprint density at radius 3 is 2.16 bits per heavy atom. The molecule has 2 heterocycles. The average Bonchev–Trinajstić information content (AvgIpc) is 3.48. The third-order valence-corrected chi connectivity index (χ3v) is 9.16. The highest BCUT2D eigenvalue weighted by molar-refractivity contribution is 5.88. The summed E-state index contributed by atoms with van der Waals surface area (Å²) in [6.45, 7) is 5.79. The molecule has 38 heavy (non-hydrogen) atoms. The van der Waals surface area contributed by atoms with Crippen molar-refractivity contribution >= 4 is 23.9 Å². The number of carbonyl (C=O) groups excluding carboxylic acids is 4. The van der Waals surface area contributed by atoms with Crippen molar-refractivity contribution in [2.75, 3.05) is 34.5 Å². The molecule has 12 nitrogen and oxygen atoms in total. The Bertz CT molecular complexity index is 1040. The zero-order valence-electron chi connectivity index (χ0n) is 22.7. The van der Waals surface area contributed by atoms with Crippen molar-refractivity contribution in [1.29, 1.82) is 0 Å². The summed E-state index contributed by atoms with van der Waals surface area (Å²) >= 11 is 0. The van der Waals surface area contributed by atoms with E-state index in [1.54, 1.807) is 26.8 Å². The van der Waals surface area contributed by atoms with Crippen LogP contribution in [0.2, 0.25) is 0 Å². The monoisotopic (exact) mass is 540 g/mol. The summed E-state index contributed by atoms with van der Waals surface area (Å²) in [5.74, 6) is -7.38. The average molecular weight is 541 g/mol.